The highest BCUT2D eigenvalue weighted by Crippen LogP contribution is 2.17. The van der Waals surface area contributed by atoms with Gasteiger partial charge in [-0.3, -0.25) is 4.79 Å². The van der Waals surface area contributed by atoms with Crippen LogP contribution in [-0.2, 0) is 0 Å². The third-order valence-corrected chi connectivity index (χ3v) is 3.72. The summed E-state index contributed by atoms with van der Waals surface area (Å²) in [6.07, 6.45) is 1.39. The molecule has 22 heavy (non-hydrogen) atoms. The first-order valence-corrected chi connectivity index (χ1v) is 7.13. The first-order valence-electron chi connectivity index (χ1n) is 6.72. The molecule has 0 spiro atoms. The first kappa shape index (κ1) is 14.2. The number of H-pyrrole nitrogens is 1. The minimum Gasteiger partial charge on any atom is -0.332 e. The standard InChI is InChI=1S/C16H14N4OS/c1-20(12-5-3-2-4-6-12)16(22)19-11-7-8-14-13(9-11)15(21)18-10-17-14/h2-10H,1H3,(H,19,22)(H,17,18,21). The second kappa shape index (κ2) is 5.95. The second-order valence-electron chi connectivity index (χ2n) is 4.79. The van der Waals surface area contributed by atoms with Gasteiger partial charge in [-0.25, -0.2) is 4.98 Å². The lowest BCUT2D eigenvalue weighted by molar-refractivity contribution is 1.17. The summed E-state index contributed by atoms with van der Waals surface area (Å²) < 4.78 is 0. The number of nitrogens with one attached hydrogen (secondary N) is 2. The fourth-order valence-corrected chi connectivity index (χ4v) is 2.35. The van der Waals surface area contributed by atoms with Gasteiger partial charge in [0, 0.05) is 18.4 Å². The van der Waals surface area contributed by atoms with Crippen molar-refractivity contribution < 1.29 is 0 Å². The van der Waals surface area contributed by atoms with E-state index in [9.17, 15) is 4.79 Å². The Morgan fingerprint density at radius 2 is 2.00 bits per heavy atom. The van der Waals surface area contributed by atoms with Crippen LogP contribution in [0.15, 0.2) is 59.7 Å². The Morgan fingerprint density at radius 1 is 1.23 bits per heavy atom. The van der Waals surface area contributed by atoms with Crippen molar-refractivity contribution in [1.29, 1.82) is 0 Å². The van der Waals surface area contributed by atoms with Crippen molar-refractivity contribution >= 4 is 39.6 Å². The molecule has 0 bridgehead atoms. The smallest absolute Gasteiger partial charge is 0.258 e. The van der Waals surface area contributed by atoms with Crippen molar-refractivity contribution in [2.24, 2.45) is 0 Å². The van der Waals surface area contributed by atoms with Crippen LogP contribution in [0.1, 0.15) is 0 Å². The van der Waals surface area contributed by atoms with Crippen molar-refractivity contribution in [2.75, 3.05) is 17.3 Å². The molecule has 0 radical (unpaired) electrons. The van der Waals surface area contributed by atoms with Crippen LogP contribution < -0.4 is 15.8 Å². The maximum absolute atomic E-state index is 11.8. The fourth-order valence-electron chi connectivity index (χ4n) is 2.12. The number of hydrogen-bond acceptors (Lipinski definition) is 3. The van der Waals surface area contributed by atoms with Crippen molar-refractivity contribution in [3.63, 3.8) is 0 Å². The summed E-state index contributed by atoms with van der Waals surface area (Å²) in [5, 5.41) is 4.21. The molecule has 0 aliphatic carbocycles. The van der Waals surface area contributed by atoms with Gasteiger partial charge in [-0.05, 0) is 42.5 Å². The predicted molar refractivity (Wildman–Crippen MR) is 93.4 cm³/mol. The third kappa shape index (κ3) is 2.82. The molecule has 0 aliphatic heterocycles. The summed E-state index contributed by atoms with van der Waals surface area (Å²) >= 11 is 5.41. The number of benzene rings is 2. The SMILES string of the molecule is CN(C(=S)Nc1ccc2nc[nH]c(=O)c2c1)c1ccccc1. The van der Waals surface area contributed by atoms with Gasteiger partial charge >= 0.3 is 0 Å². The lowest BCUT2D eigenvalue weighted by Crippen LogP contribution is -2.30. The van der Waals surface area contributed by atoms with Crippen LogP contribution in [-0.4, -0.2) is 22.1 Å². The average Bonchev–Trinajstić information content (AvgIpc) is 2.55. The zero-order valence-corrected chi connectivity index (χ0v) is 12.7. The Labute approximate surface area is 132 Å². The van der Waals surface area contributed by atoms with Crippen molar-refractivity contribution in [1.82, 2.24) is 9.97 Å². The molecule has 1 aromatic heterocycles. The Bertz CT molecular complexity index is 876. The summed E-state index contributed by atoms with van der Waals surface area (Å²) in [5.41, 5.74) is 2.21. The zero-order valence-electron chi connectivity index (χ0n) is 11.9. The molecular weight excluding hydrogens is 296 g/mol. The molecule has 0 saturated heterocycles. The van der Waals surface area contributed by atoms with Gasteiger partial charge in [0.1, 0.15) is 0 Å². The number of rotatable bonds is 2. The number of thiocarbonyl (C=S) groups is 1. The minimum atomic E-state index is -0.170. The molecule has 5 nitrogen and oxygen atoms in total. The molecule has 6 heteroatoms. The molecular formula is C16H14N4OS. The van der Waals surface area contributed by atoms with E-state index in [0.717, 1.165) is 11.4 Å². The molecule has 3 rings (SSSR count). The maximum atomic E-state index is 11.8. The molecule has 1 heterocycles. The molecule has 2 aromatic carbocycles. The Kier molecular flexibility index (Phi) is 3.84. The highest BCUT2D eigenvalue weighted by atomic mass is 32.1. The minimum absolute atomic E-state index is 0.170. The van der Waals surface area contributed by atoms with Crippen LogP contribution in [0.4, 0.5) is 11.4 Å². The molecule has 0 unspecified atom stereocenters. The van der Waals surface area contributed by atoms with Gasteiger partial charge in [-0.2, -0.15) is 0 Å². The van der Waals surface area contributed by atoms with Crippen LogP contribution in [0.2, 0.25) is 0 Å². The predicted octanol–water partition coefficient (Wildman–Crippen LogP) is 2.76. The van der Waals surface area contributed by atoms with E-state index < -0.39 is 0 Å². The summed E-state index contributed by atoms with van der Waals surface area (Å²) in [7, 11) is 1.89. The van der Waals surface area contributed by atoms with E-state index in [0.29, 0.717) is 16.0 Å². The van der Waals surface area contributed by atoms with E-state index in [2.05, 4.69) is 15.3 Å². The van der Waals surface area contributed by atoms with Crippen LogP contribution in [0, 0.1) is 0 Å². The monoisotopic (exact) mass is 310 g/mol. The van der Waals surface area contributed by atoms with Gasteiger partial charge in [0.05, 0.1) is 17.2 Å². The highest BCUT2D eigenvalue weighted by molar-refractivity contribution is 7.80. The topological polar surface area (TPSA) is 61.0 Å². The van der Waals surface area contributed by atoms with E-state index in [-0.39, 0.29) is 5.56 Å². The molecule has 0 saturated carbocycles. The van der Waals surface area contributed by atoms with Gasteiger partial charge in [-0.15, -0.1) is 0 Å². The number of anilines is 2. The van der Waals surface area contributed by atoms with Crippen molar-refractivity contribution in [3.8, 4) is 0 Å². The Morgan fingerprint density at radius 3 is 2.77 bits per heavy atom. The number of fused-ring (bicyclic) bond motifs is 1. The molecule has 0 aliphatic rings. The summed E-state index contributed by atoms with van der Waals surface area (Å²) in [5.74, 6) is 0. The van der Waals surface area contributed by atoms with Crippen molar-refractivity contribution in [3.05, 3.63) is 65.2 Å². The number of aromatic amines is 1. The molecule has 110 valence electrons. The van der Waals surface area contributed by atoms with Crippen LogP contribution >= 0.6 is 12.2 Å². The maximum Gasteiger partial charge on any atom is 0.258 e. The Balaban J connectivity index is 1.85. The lowest BCUT2D eigenvalue weighted by Gasteiger charge is -2.21. The zero-order chi connectivity index (χ0) is 15.5. The molecule has 0 atom stereocenters. The number of nitrogens with zero attached hydrogens (tertiary/aromatic N) is 2. The van der Waals surface area contributed by atoms with Crippen LogP contribution in [0.5, 0.6) is 0 Å². The molecule has 0 amide bonds. The van der Waals surface area contributed by atoms with E-state index in [1.807, 2.05) is 48.3 Å². The first-order chi connectivity index (χ1) is 10.6. The van der Waals surface area contributed by atoms with E-state index in [1.165, 1.54) is 6.33 Å². The van der Waals surface area contributed by atoms with Gasteiger partial charge in [0.25, 0.3) is 5.56 Å². The normalized spacial score (nSPS) is 10.4. The Hall–Kier alpha value is -2.73. The summed E-state index contributed by atoms with van der Waals surface area (Å²) in [4.78, 5) is 20.4. The average molecular weight is 310 g/mol. The number of para-hydroxylation sites is 1. The second-order valence-corrected chi connectivity index (χ2v) is 5.18. The molecule has 3 aromatic rings. The van der Waals surface area contributed by atoms with Gasteiger partial charge in [-0.1, -0.05) is 18.2 Å². The van der Waals surface area contributed by atoms with Gasteiger partial charge < -0.3 is 15.2 Å². The largest absolute Gasteiger partial charge is 0.332 e. The van der Waals surface area contributed by atoms with Gasteiger partial charge in [0.15, 0.2) is 5.11 Å². The van der Waals surface area contributed by atoms with E-state index in [4.69, 9.17) is 12.2 Å². The molecule has 2 N–H and O–H groups in total. The molecule has 0 fully saturated rings. The fraction of sp³-hybridized carbons (Fsp3) is 0.0625. The van der Waals surface area contributed by atoms with E-state index in [1.54, 1.807) is 12.1 Å². The number of aromatic nitrogens is 2. The van der Waals surface area contributed by atoms with Crippen LogP contribution in [0.3, 0.4) is 0 Å². The summed E-state index contributed by atoms with van der Waals surface area (Å²) in [6.45, 7) is 0. The quantitative estimate of drug-likeness (QED) is 0.713. The lowest BCUT2D eigenvalue weighted by atomic mass is 10.2. The van der Waals surface area contributed by atoms with E-state index >= 15 is 0 Å². The summed E-state index contributed by atoms with van der Waals surface area (Å²) in [6, 6.07) is 15.2. The highest BCUT2D eigenvalue weighted by Gasteiger charge is 2.08. The third-order valence-electron chi connectivity index (χ3n) is 3.34. The van der Waals surface area contributed by atoms with Crippen molar-refractivity contribution in [2.45, 2.75) is 0 Å². The van der Waals surface area contributed by atoms with Crippen LogP contribution in [0.25, 0.3) is 10.9 Å². The number of hydrogen-bond donors (Lipinski definition) is 2. The van der Waals surface area contributed by atoms with Gasteiger partial charge in [0.2, 0.25) is 0 Å².